The zero-order chi connectivity index (χ0) is 20.4. The molecule has 0 spiro atoms. The largest absolute Gasteiger partial charge is 0.416 e. The first kappa shape index (κ1) is 19.7. The Labute approximate surface area is 168 Å². The van der Waals surface area contributed by atoms with Gasteiger partial charge in [0, 0.05) is 31.0 Å². The molecule has 1 aromatic carbocycles. The van der Waals surface area contributed by atoms with Crippen LogP contribution in [0.2, 0.25) is 0 Å². The van der Waals surface area contributed by atoms with E-state index in [0.717, 1.165) is 31.6 Å². The molecule has 2 fully saturated rings. The maximum absolute atomic E-state index is 13.3. The van der Waals surface area contributed by atoms with Crippen LogP contribution in [0.4, 0.5) is 24.5 Å². The number of nitrogens with zero attached hydrogens (tertiary/aromatic N) is 2. The van der Waals surface area contributed by atoms with E-state index in [1.807, 2.05) is 0 Å². The van der Waals surface area contributed by atoms with Gasteiger partial charge in [0.25, 0.3) is 5.91 Å². The zero-order valence-electron chi connectivity index (χ0n) is 16.1. The Hall–Kier alpha value is -2.57. The highest BCUT2D eigenvalue weighted by molar-refractivity contribution is 6.06. The SMILES string of the molecule is O=C(Nc1cc(C(F)(F)F)ccc1N1CCC2CCCCC2C1)c1ccncc1. The molecule has 2 atom stereocenters. The highest BCUT2D eigenvalue weighted by Gasteiger charge is 2.34. The quantitative estimate of drug-likeness (QED) is 0.750. The summed E-state index contributed by atoms with van der Waals surface area (Å²) in [5.41, 5.74) is 0.452. The number of amides is 1. The fraction of sp³-hybridized carbons (Fsp3) is 0.455. The number of alkyl halides is 3. The number of carbonyl (C=O) groups excluding carboxylic acids is 1. The molecule has 2 aliphatic rings. The molecule has 1 aliphatic heterocycles. The van der Waals surface area contributed by atoms with Gasteiger partial charge in [0.15, 0.2) is 0 Å². The highest BCUT2D eigenvalue weighted by atomic mass is 19.4. The van der Waals surface area contributed by atoms with Crippen molar-refractivity contribution in [2.24, 2.45) is 11.8 Å². The number of pyridine rings is 1. The minimum absolute atomic E-state index is 0.205. The van der Waals surface area contributed by atoms with Crippen molar-refractivity contribution in [1.29, 1.82) is 0 Å². The number of fused-ring (bicyclic) bond motifs is 1. The van der Waals surface area contributed by atoms with Gasteiger partial charge in [-0.1, -0.05) is 19.3 Å². The maximum atomic E-state index is 13.3. The summed E-state index contributed by atoms with van der Waals surface area (Å²) >= 11 is 0. The first-order chi connectivity index (χ1) is 13.9. The molecule has 1 N–H and O–H groups in total. The predicted molar refractivity (Wildman–Crippen MR) is 106 cm³/mol. The van der Waals surface area contributed by atoms with Crippen molar-refractivity contribution in [1.82, 2.24) is 4.98 Å². The van der Waals surface area contributed by atoms with Crippen molar-refractivity contribution < 1.29 is 18.0 Å². The third-order valence-electron chi connectivity index (χ3n) is 6.15. The predicted octanol–water partition coefficient (Wildman–Crippen LogP) is 5.37. The number of halogens is 3. The molecule has 1 amide bonds. The second-order valence-corrected chi connectivity index (χ2v) is 7.96. The number of nitrogens with one attached hydrogen (secondary N) is 1. The van der Waals surface area contributed by atoms with Gasteiger partial charge in [0.05, 0.1) is 16.9 Å². The summed E-state index contributed by atoms with van der Waals surface area (Å²) in [4.78, 5) is 18.6. The van der Waals surface area contributed by atoms with Gasteiger partial charge < -0.3 is 10.2 Å². The monoisotopic (exact) mass is 403 g/mol. The van der Waals surface area contributed by atoms with Crippen molar-refractivity contribution in [2.75, 3.05) is 23.3 Å². The van der Waals surface area contributed by atoms with Gasteiger partial charge in [0.2, 0.25) is 0 Å². The summed E-state index contributed by atoms with van der Waals surface area (Å²) in [7, 11) is 0. The Balaban J connectivity index is 1.63. The summed E-state index contributed by atoms with van der Waals surface area (Å²) in [5.74, 6) is 0.841. The van der Waals surface area contributed by atoms with E-state index in [-0.39, 0.29) is 5.69 Å². The van der Waals surface area contributed by atoms with Crippen LogP contribution in [-0.2, 0) is 6.18 Å². The van der Waals surface area contributed by atoms with Crippen LogP contribution in [0.15, 0.2) is 42.7 Å². The van der Waals surface area contributed by atoms with Crippen LogP contribution in [0.1, 0.15) is 48.0 Å². The fourth-order valence-corrected chi connectivity index (χ4v) is 4.61. The number of anilines is 2. The fourth-order valence-electron chi connectivity index (χ4n) is 4.61. The molecule has 1 aliphatic carbocycles. The number of piperidine rings is 1. The van der Waals surface area contributed by atoms with E-state index >= 15 is 0 Å². The van der Waals surface area contributed by atoms with Gasteiger partial charge >= 0.3 is 6.18 Å². The Morgan fingerprint density at radius 1 is 1.03 bits per heavy atom. The van der Waals surface area contributed by atoms with Crippen molar-refractivity contribution in [3.63, 3.8) is 0 Å². The molecule has 0 radical (unpaired) electrons. The third-order valence-corrected chi connectivity index (χ3v) is 6.15. The molecule has 2 unspecified atom stereocenters. The number of benzene rings is 1. The number of rotatable bonds is 3. The van der Waals surface area contributed by atoms with Crippen LogP contribution in [-0.4, -0.2) is 24.0 Å². The van der Waals surface area contributed by atoms with E-state index in [9.17, 15) is 18.0 Å². The van der Waals surface area contributed by atoms with Gasteiger partial charge in [-0.2, -0.15) is 13.2 Å². The Kier molecular flexibility index (Phi) is 5.48. The van der Waals surface area contributed by atoms with E-state index in [2.05, 4.69) is 15.2 Å². The lowest BCUT2D eigenvalue weighted by molar-refractivity contribution is -0.137. The van der Waals surface area contributed by atoms with Crippen molar-refractivity contribution in [2.45, 2.75) is 38.3 Å². The molecule has 2 heterocycles. The summed E-state index contributed by atoms with van der Waals surface area (Å²) in [5, 5.41) is 2.70. The molecule has 4 nitrogen and oxygen atoms in total. The van der Waals surface area contributed by atoms with Gasteiger partial charge in [-0.3, -0.25) is 9.78 Å². The molecule has 1 aromatic heterocycles. The van der Waals surface area contributed by atoms with Crippen LogP contribution in [0, 0.1) is 11.8 Å². The van der Waals surface area contributed by atoms with Gasteiger partial charge in [-0.15, -0.1) is 0 Å². The zero-order valence-corrected chi connectivity index (χ0v) is 16.1. The average Bonchev–Trinajstić information content (AvgIpc) is 2.73. The van der Waals surface area contributed by atoms with E-state index in [1.165, 1.54) is 56.3 Å². The Bertz CT molecular complexity index is 869. The topological polar surface area (TPSA) is 45.2 Å². The standard InChI is InChI=1S/C22H24F3N3O/c23-22(24,25)18-5-6-20(28-12-9-15-3-1-2-4-17(15)14-28)19(13-18)27-21(29)16-7-10-26-11-8-16/h5-8,10-11,13,15,17H,1-4,9,12,14H2,(H,27,29). The second kappa shape index (κ2) is 8.05. The van der Waals surface area contributed by atoms with Crippen LogP contribution in [0.5, 0.6) is 0 Å². The van der Waals surface area contributed by atoms with E-state index < -0.39 is 17.6 Å². The number of aromatic nitrogens is 1. The summed E-state index contributed by atoms with van der Waals surface area (Å²) in [6.07, 6.45) is 4.44. The molecule has 2 aromatic rings. The number of hydrogen-bond donors (Lipinski definition) is 1. The third kappa shape index (κ3) is 4.38. The molecule has 1 saturated heterocycles. The van der Waals surface area contributed by atoms with Gasteiger partial charge in [0.1, 0.15) is 0 Å². The average molecular weight is 403 g/mol. The van der Waals surface area contributed by atoms with E-state index in [1.54, 1.807) is 0 Å². The van der Waals surface area contributed by atoms with Crippen molar-refractivity contribution in [3.05, 3.63) is 53.9 Å². The summed E-state index contributed by atoms with van der Waals surface area (Å²) < 4.78 is 39.9. The minimum Gasteiger partial charge on any atom is -0.370 e. The van der Waals surface area contributed by atoms with Crippen molar-refractivity contribution >= 4 is 17.3 Å². The molecule has 29 heavy (non-hydrogen) atoms. The first-order valence-electron chi connectivity index (χ1n) is 10.1. The first-order valence-corrected chi connectivity index (χ1v) is 10.1. The van der Waals surface area contributed by atoms with Crippen LogP contribution in [0.25, 0.3) is 0 Å². The molecule has 0 bridgehead atoms. The van der Waals surface area contributed by atoms with Crippen molar-refractivity contribution in [3.8, 4) is 0 Å². The van der Waals surface area contributed by atoms with Crippen LogP contribution in [0.3, 0.4) is 0 Å². The molecular weight excluding hydrogens is 379 g/mol. The minimum atomic E-state index is -4.47. The second-order valence-electron chi connectivity index (χ2n) is 7.96. The highest BCUT2D eigenvalue weighted by Crippen LogP contribution is 2.41. The summed E-state index contributed by atoms with van der Waals surface area (Å²) in [6.45, 7) is 1.62. The Morgan fingerprint density at radius 2 is 1.76 bits per heavy atom. The van der Waals surface area contributed by atoms with Gasteiger partial charge in [-0.25, -0.2) is 0 Å². The maximum Gasteiger partial charge on any atom is 0.416 e. The lowest BCUT2D eigenvalue weighted by Gasteiger charge is -2.42. The lowest BCUT2D eigenvalue weighted by atomic mass is 9.75. The molecule has 1 saturated carbocycles. The lowest BCUT2D eigenvalue weighted by Crippen LogP contribution is -2.42. The normalized spacial score (nSPS) is 22.1. The van der Waals surface area contributed by atoms with Crippen LogP contribution < -0.4 is 10.2 Å². The smallest absolute Gasteiger partial charge is 0.370 e. The molecular formula is C22H24F3N3O. The number of hydrogen-bond acceptors (Lipinski definition) is 3. The molecule has 7 heteroatoms. The van der Waals surface area contributed by atoms with E-state index in [4.69, 9.17) is 0 Å². The Morgan fingerprint density at radius 3 is 2.48 bits per heavy atom. The van der Waals surface area contributed by atoms with Crippen LogP contribution >= 0.6 is 0 Å². The molecule has 154 valence electrons. The molecule has 4 rings (SSSR count). The van der Waals surface area contributed by atoms with E-state index in [0.29, 0.717) is 23.1 Å². The summed E-state index contributed by atoms with van der Waals surface area (Å²) in [6, 6.07) is 6.71. The van der Waals surface area contributed by atoms with Gasteiger partial charge in [-0.05, 0) is 55.0 Å². The number of carbonyl (C=O) groups is 1.